The molecule has 2 N–H and O–H groups in total. The van der Waals surface area contributed by atoms with Crippen LogP contribution in [0.2, 0.25) is 0 Å². The number of carbonyl (C=O) groups is 1. The van der Waals surface area contributed by atoms with Crippen LogP contribution in [-0.4, -0.2) is 48.2 Å². The predicted molar refractivity (Wildman–Crippen MR) is 61.9 cm³/mol. The summed E-state index contributed by atoms with van der Waals surface area (Å²) in [5, 5.41) is 22.4. The van der Waals surface area contributed by atoms with Crippen molar-refractivity contribution in [3.8, 4) is 17.3 Å². The lowest BCUT2D eigenvalue weighted by atomic mass is 10.3. The Hall–Kier alpha value is -2.97. The van der Waals surface area contributed by atoms with Crippen molar-refractivity contribution >= 4 is 11.6 Å². The van der Waals surface area contributed by atoms with Crippen LogP contribution >= 0.6 is 0 Å². The third kappa shape index (κ3) is 1.68. The van der Waals surface area contributed by atoms with Gasteiger partial charge >= 0.3 is 5.97 Å². The fourth-order valence-electron chi connectivity index (χ4n) is 1.80. The number of carboxylic acid groups (broad SMARTS) is 1. The number of methoxy groups -OCH3 is 1. The summed E-state index contributed by atoms with van der Waals surface area (Å²) in [7, 11) is 1.50. The van der Waals surface area contributed by atoms with Crippen LogP contribution in [0.5, 0.6) is 5.75 Å². The van der Waals surface area contributed by atoms with Gasteiger partial charge in [-0.2, -0.15) is 0 Å². The Bertz CT molecular complexity index is 748. The minimum Gasteiger partial charge on any atom is -0.494 e. The molecule has 0 amide bonds. The fraction of sp³-hybridized carbons (Fsp3) is 0.100. The minimum absolute atomic E-state index is 0.0676. The average molecular weight is 260 g/mol. The Morgan fingerprint density at radius 3 is 2.95 bits per heavy atom. The number of aromatic amines is 1. The molecule has 3 aromatic heterocycles. The Morgan fingerprint density at radius 1 is 1.47 bits per heavy atom. The number of aromatic carboxylic acids is 1. The molecular weight excluding hydrogens is 252 g/mol. The summed E-state index contributed by atoms with van der Waals surface area (Å²) in [4.78, 5) is 15.0. The third-order valence-electron chi connectivity index (χ3n) is 2.60. The number of carboxylic acids is 1. The number of tetrazole rings is 1. The number of imidazole rings is 1. The molecule has 9 heteroatoms. The van der Waals surface area contributed by atoms with Crippen molar-refractivity contribution in [1.82, 2.24) is 30.0 Å². The minimum atomic E-state index is -1.11. The van der Waals surface area contributed by atoms with Crippen LogP contribution in [0.4, 0.5) is 0 Å². The molecule has 0 spiro atoms. The number of pyridine rings is 1. The summed E-state index contributed by atoms with van der Waals surface area (Å²) in [6.45, 7) is 0. The van der Waals surface area contributed by atoms with Gasteiger partial charge in [0.05, 0.1) is 7.11 Å². The second-order valence-corrected chi connectivity index (χ2v) is 3.66. The highest BCUT2D eigenvalue weighted by atomic mass is 16.5. The Morgan fingerprint density at radius 2 is 2.32 bits per heavy atom. The molecule has 3 rings (SSSR count). The molecule has 0 aromatic carbocycles. The first kappa shape index (κ1) is 11.1. The third-order valence-corrected chi connectivity index (χ3v) is 2.60. The van der Waals surface area contributed by atoms with Crippen LogP contribution in [0.25, 0.3) is 17.2 Å². The lowest BCUT2D eigenvalue weighted by Gasteiger charge is -2.07. The van der Waals surface area contributed by atoms with Crippen molar-refractivity contribution < 1.29 is 14.6 Å². The van der Waals surface area contributed by atoms with Crippen LogP contribution in [-0.2, 0) is 0 Å². The van der Waals surface area contributed by atoms with Gasteiger partial charge in [0.25, 0.3) is 0 Å². The molecule has 0 aliphatic carbocycles. The second kappa shape index (κ2) is 4.05. The van der Waals surface area contributed by atoms with Gasteiger partial charge in [0.2, 0.25) is 0 Å². The van der Waals surface area contributed by atoms with E-state index in [4.69, 9.17) is 9.84 Å². The second-order valence-electron chi connectivity index (χ2n) is 3.66. The van der Waals surface area contributed by atoms with Gasteiger partial charge in [-0.15, -0.1) is 5.10 Å². The van der Waals surface area contributed by atoms with Crippen LogP contribution in [0, 0.1) is 0 Å². The number of ether oxygens (including phenoxy) is 1. The lowest BCUT2D eigenvalue weighted by molar-refractivity contribution is 0.0691. The molecule has 9 nitrogen and oxygen atoms in total. The summed E-state index contributed by atoms with van der Waals surface area (Å²) in [6.07, 6.45) is 1.39. The van der Waals surface area contributed by atoms with Crippen molar-refractivity contribution in [2.24, 2.45) is 0 Å². The Balaban J connectivity index is 2.35. The molecule has 0 aliphatic rings. The number of aromatic nitrogens is 6. The van der Waals surface area contributed by atoms with Crippen LogP contribution in [0.3, 0.4) is 0 Å². The van der Waals surface area contributed by atoms with Crippen molar-refractivity contribution in [3.63, 3.8) is 0 Å². The maximum atomic E-state index is 11.0. The molecule has 0 unspecified atom stereocenters. The molecular formula is C10H8N6O3. The van der Waals surface area contributed by atoms with Crippen molar-refractivity contribution in [2.75, 3.05) is 7.11 Å². The summed E-state index contributed by atoms with van der Waals surface area (Å²) < 4.78 is 6.80. The first-order valence-corrected chi connectivity index (χ1v) is 5.24. The number of nitrogens with one attached hydrogen (secondary N) is 1. The monoisotopic (exact) mass is 260 g/mol. The zero-order chi connectivity index (χ0) is 13.4. The smallest absolute Gasteiger partial charge is 0.356 e. The van der Waals surface area contributed by atoms with Gasteiger partial charge in [-0.05, 0) is 22.6 Å². The zero-order valence-electron chi connectivity index (χ0n) is 9.73. The quantitative estimate of drug-likeness (QED) is 0.691. The topological polar surface area (TPSA) is 118 Å². The van der Waals surface area contributed by atoms with Crippen molar-refractivity contribution in [3.05, 3.63) is 24.0 Å². The van der Waals surface area contributed by atoms with Gasteiger partial charge in [0.1, 0.15) is 17.1 Å². The van der Waals surface area contributed by atoms with Gasteiger partial charge in [-0.1, -0.05) is 0 Å². The lowest BCUT2D eigenvalue weighted by Crippen LogP contribution is -1.98. The van der Waals surface area contributed by atoms with Crippen LogP contribution in [0.1, 0.15) is 10.5 Å². The largest absolute Gasteiger partial charge is 0.494 e. The number of H-pyrrole nitrogens is 1. The first-order valence-electron chi connectivity index (χ1n) is 5.24. The SMILES string of the molecule is COc1ccc2nc(C(=O)O)cn2c1-c1nnn[nH]1. The van der Waals surface area contributed by atoms with E-state index in [0.29, 0.717) is 22.9 Å². The molecule has 19 heavy (non-hydrogen) atoms. The van der Waals surface area contributed by atoms with E-state index in [9.17, 15) is 4.79 Å². The molecule has 3 heterocycles. The van der Waals surface area contributed by atoms with Crippen LogP contribution in [0.15, 0.2) is 18.3 Å². The first-order chi connectivity index (χ1) is 9.20. The van der Waals surface area contributed by atoms with E-state index in [1.165, 1.54) is 13.3 Å². The van der Waals surface area contributed by atoms with Gasteiger partial charge < -0.3 is 9.84 Å². The molecule has 0 saturated heterocycles. The summed E-state index contributed by atoms with van der Waals surface area (Å²) in [6, 6.07) is 3.32. The molecule has 0 saturated carbocycles. The molecule has 0 fully saturated rings. The molecule has 96 valence electrons. The maximum Gasteiger partial charge on any atom is 0.356 e. The number of nitrogens with zero attached hydrogens (tertiary/aromatic N) is 5. The van der Waals surface area contributed by atoms with E-state index >= 15 is 0 Å². The number of hydrogen-bond donors (Lipinski definition) is 2. The molecule has 0 atom stereocenters. The summed E-state index contributed by atoms with van der Waals surface area (Å²) in [5.74, 6) is -0.249. The molecule has 0 radical (unpaired) electrons. The van der Waals surface area contributed by atoms with Crippen molar-refractivity contribution in [2.45, 2.75) is 0 Å². The Labute approximate surface area is 105 Å². The van der Waals surface area contributed by atoms with Gasteiger partial charge in [0, 0.05) is 6.20 Å². The van der Waals surface area contributed by atoms with Crippen molar-refractivity contribution in [1.29, 1.82) is 0 Å². The predicted octanol–water partition coefficient (Wildman–Crippen LogP) is 0.221. The molecule has 0 aliphatic heterocycles. The molecule has 3 aromatic rings. The van der Waals surface area contributed by atoms with E-state index in [1.807, 2.05) is 0 Å². The van der Waals surface area contributed by atoms with Gasteiger partial charge in [-0.25, -0.2) is 14.9 Å². The van der Waals surface area contributed by atoms with E-state index < -0.39 is 5.97 Å². The summed E-state index contributed by atoms with van der Waals surface area (Å²) in [5.41, 5.74) is 0.900. The normalized spacial score (nSPS) is 10.8. The van der Waals surface area contributed by atoms with E-state index in [-0.39, 0.29) is 5.69 Å². The maximum absolute atomic E-state index is 11.0. The van der Waals surface area contributed by atoms with E-state index in [2.05, 4.69) is 25.6 Å². The van der Waals surface area contributed by atoms with Gasteiger partial charge in [-0.3, -0.25) is 4.40 Å². The average Bonchev–Trinajstić information content (AvgIpc) is 3.06. The zero-order valence-corrected chi connectivity index (χ0v) is 9.73. The number of hydrogen-bond acceptors (Lipinski definition) is 6. The highest BCUT2D eigenvalue weighted by Gasteiger charge is 2.17. The van der Waals surface area contributed by atoms with E-state index in [0.717, 1.165) is 0 Å². The highest BCUT2D eigenvalue weighted by molar-refractivity contribution is 5.86. The van der Waals surface area contributed by atoms with E-state index in [1.54, 1.807) is 16.5 Å². The number of rotatable bonds is 3. The molecule has 0 bridgehead atoms. The fourth-order valence-corrected chi connectivity index (χ4v) is 1.80. The Kier molecular flexibility index (Phi) is 2.37. The number of fused-ring (bicyclic) bond motifs is 1. The van der Waals surface area contributed by atoms with Crippen LogP contribution < -0.4 is 4.74 Å². The summed E-state index contributed by atoms with van der Waals surface area (Å²) >= 11 is 0. The highest BCUT2D eigenvalue weighted by Crippen LogP contribution is 2.28. The standard InChI is InChI=1S/C10H8N6O3/c1-19-6-2-3-7-11-5(10(17)18)4-16(7)8(6)9-12-14-15-13-9/h2-4H,1H3,(H,17,18)(H,12,13,14,15). The van der Waals surface area contributed by atoms with Gasteiger partial charge in [0.15, 0.2) is 11.5 Å².